The molecule has 3 rings (SSSR count). The van der Waals surface area contributed by atoms with Gasteiger partial charge in [0.2, 0.25) is 0 Å². The predicted molar refractivity (Wildman–Crippen MR) is 121 cm³/mol. The molecule has 2 unspecified atom stereocenters. The lowest BCUT2D eigenvalue weighted by atomic mass is 9.95. The summed E-state index contributed by atoms with van der Waals surface area (Å²) in [5.74, 6) is 2.58. The van der Waals surface area contributed by atoms with Gasteiger partial charge in [0.05, 0.1) is 6.61 Å². The number of ether oxygens (including phenoxy) is 1. The van der Waals surface area contributed by atoms with Crippen LogP contribution in [0, 0.1) is 18.8 Å². The van der Waals surface area contributed by atoms with E-state index in [-0.39, 0.29) is 5.78 Å². The van der Waals surface area contributed by atoms with E-state index >= 15 is 0 Å². The molecule has 2 aromatic rings. The van der Waals surface area contributed by atoms with Gasteiger partial charge in [-0.15, -0.1) is 0 Å². The number of Topliss-reactive ketones (excluding diaryl/α,β-unsaturated/α-hetero) is 1. The zero-order chi connectivity index (χ0) is 20.8. The number of ketones is 1. The van der Waals surface area contributed by atoms with Gasteiger partial charge in [-0.2, -0.15) is 0 Å². The Kier molecular flexibility index (Phi) is 6.87. The molecule has 1 saturated carbocycles. The standard InChI is InChI=1S/C27H30O2/c1-5-6-7-23-18-25(11-8-19(23)2)27(28)21(4)16-22-9-12-26(13-10-22)29-15-14-24-17-20(24)3/h5-13,18,20,24H,1,4,14-17H2,2-3H3/b7-6-. The highest BCUT2D eigenvalue weighted by molar-refractivity contribution is 6.08. The first-order chi connectivity index (χ1) is 14.0. The molecule has 0 aliphatic heterocycles. The van der Waals surface area contributed by atoms with Gasteiger partial charge in [0.1, 0.15) is 5.75 Å². The lowest BCUT2D eigenvalue weighted by Crippen LogP contribution is -2.06. The van der Waals surface area contributed by atoms with Crippen LogP contribution in [0.15, 0.2) is 73.3 Å². The van der Waals surface area contributed by atoms with Gasteiger partial charge in [0, 0.05) is 12.0 Å². The molecule has 2 heteroatoms. The molecule has 2 atom stereocenters. The summed E-state index contributed by atoms with van der Waals surface area (Å²) >= 11 is 0. The normalized spacial score (nSPS) is 17.9. The number of aryl methyl sites for hydroxylation is 1. The number of carbonyl (C=O) groups is 1. The van der Waals surface area contributed by atoms with Crippen LogP contribution in [0.4, 0.5) is 0 Å². The molecule has 0 N–H and O–H groups in total. The van der Waals surface area contributed by atoms with E-state index in [0.29, 0.717) is 17.6 Å². The van der Waals surface area contributed by atoms with Gasteiger partial charge < -0.3 is 4.74 Å². The van der Waals surface area contributed by atoms with E-state index < -0.39 is 0 Å². The maximum absolute atomic E-state index is 12.8. The fraction of sp³-hybridized carbons (Fsp3) is 0.296. The molecule has 2 aromatic carbocycles. The van der Waals surface area contributed by atoms with Crippen molar-refractivity contribution in [3.8, 4) is 5.75 Å². The third-order valence-electron chi connectivity index (χ3n) is 5.65. The first-order valence-corrected chi connectivity index (χ1v) is 10.3. The number of hydrogen-bond acceptors (Lipinski definition) is 2. The number of rotatable bonds is 10. The highest BCUT2D eigenvalue weighted by Crippen LogP contribution is 2.40. The Balaban J connectivity index is 1.57. The number of carbonyl (C=O) groups excluding carboxylic acids is 1. The molecule has 0 spiro atoms. The van der Waals surface area contributed by atoms with Crippen LogP contribution in [0.25, 0.3) is 6.08 Å². The summed E-state index contributed by atoms with van der Waals surface area (Å²) in [4.78, 5) is 12.8. The fourth-order valence-corrected chi connectivity index (χ4v) is 3.50. The van der Waals surface area contributed by atoms with Crippen molar-refractivity contribution in [2.45, 2.75) is 33.1 Å². The van der Waals surface area contributed by atoms with Gasteiger partial charge >= 0.3 is 0 Å². The summed E-state index contributed by atoms with van der Waals surface area (Å²) in [5, 5.41) is 0. The molecule has 0 aromatic heterocycles. The number of allylic oxidation sites excluding steroid dienone is 3. The Bertz CT molecular complexity index is 918. The number of benzene rings is 2. The van der Waals surface area contributed by atoms with Crippen molar-refractivity contribution in [3.63, 3.8) is 0 Å². The zero-order valence-corrected chi connectivity index (χ0v) is 17.5. The molecular weight excluding hydrogens is 356 g/mol. The Morgan fingerprint density at radius 3 is 2.59 bits per heavy atom. The summed E-state index contributed by atoms with van der Waals surface area (Å²) in [7, 11) is 0. The first-order valence-electron chi connectivity index (χ1n) is 10.3. The van der Waals surface area contributed by atoms with Crippen LogP contribution in [0.5, 0.6) is 5.75 Å². The average Bonchev–Trinajstić information content (AvgIpc) is 3.43. The van der Waals surface area contributed by atoms with Crippen LogP contribution in [0.1, 0.15) is 46.8 Å². The molecule has 0 heterocycles. The molecule has 1 fully saturated rings. The fourth-order valence-electron chi connectivity index (χ4n) is 3.50. The molecule has 150 valence electrons. The minimum absolute atomic E-state index is 0.0165. The van der Waals surface area contributed by atoms with Crippen molar-refractivity contribution in [1.29, 1.82) is 0 Å². The predicted octanol–water partition coefficient (Wildman–Crippen LogP) is 6.60. The Labute approximate surface area is 174 Å². The molecule has 2 nitrogen and oxygen atoms in total. The second-order valence-electron chi connectivity index (χ2n) is 8.03. The van der Waals surface area contributed by atoms with Crippen molar-refractivity contribution in [2.75, 3.05) is 6.61 Å². The van der Waals surface area contributed by atoms with Crippen molar-refractivity contribution < 1.29 is 9.53 Å². The van der Waals surface area contributed by atoms with Crippen LogP contribution in [-0.4, -0.2) is 12.4 Å². The van der Waals surface area contributed by atoms with Crippen LogP contribution < -0.4 is 4.74 Å². The van der Waals surface area contributed by atoms with E-state index in [4.69, 9.17) is 4.74 Å². The Morgan fingerprint density at radius 2 is 1.93 bits per heavy atom. The Morgan fingerprint density at radius 1 is 1.21 bits per heavy atom. The van der Waals surface area contributed by atoms with E-state index in [1.54, 1.807) is 6.08 Å². The van der Waals surface area contributed by atoms with Crippen molar-refractivity contribution in [3.05, 3.63) is 95.6 Å². The van der Waals surface area contributed by atoms with Gasteiger partial charge in [-0.25, -0.2) is 0 Å². The van der Waals surface area contributed by atoms with E-state index in [2.05, 4.69) is 20.1 Å². The monoisotopic (exact) mass is 386 g/mol. The van der Waals surface area contributed by atoms with Gasteiger partial charge in [0.15, 0.2) is 5.78 Å². The van der Waals surface area contributed by atoms with Crippen LogP contribution in [-0.2, 0) is 6.42 Å². The van der Waals surface area contributed by atoms with Crippen molar-refractivity contribution >= 4 is 11.9 Å². The van der Waals surface area contributed by atoms with E-state index in [9.17, 15) is 4.79 Å². The highest BCUT2D eigenvalue weighted by Gasteiger charge is 2.31. The van der Waals surface area contributed by atoms with E-state index in [0.717, 1.165) is 47.3 Å². The minimum atomic E-state index is -0.0165. The molecule has 29 heavy (non-hydrogen) atoms. The molecule has 1 aliphatic carbocycles. The van der Waals surface area contributed by atoms with Gasteiger partial charge in [-0.3, -0.25) is 4.79 Å². The second-order valence-corrected chi connectivity index (χ2v) is 8.03. The zero-order valence-electron chi connectivity index (χ0n) is 17.5. The summed E-state index contributed by atoms with van der Waals surface area (Å²) in [5.41, 5.74) is 4.45. The van der Waals surface area contributed by atoms with Crippen molar-refractivity contribution in [2.24, 2.45) is 11.8 Å². The van der Waals surface area contributed by atoms with Crippen LogP contribution in [0.3, 0.4) is 0 Å². The average molecular weight is 387 g/mol. The van der Waals surface area contributed by atoms with Gasteiger partial charge in [-0.1, -0.05) is 62.6 Å². The molecule has 0 bridgehead atoms. The largest absolute Gasteiger partial charge is 0.494 e. The third kappa shape index (κ3) is 5.80. The van der Waals surface area contributed by atoms with E-state index in [1.165, 1.54) is 6.42 Å². The molecule has 0 amide bonds. The summed E-state index contributed by atoms with van der Waals surface area (Å²) in [6.45, 7) is 12.8. The Hall–Kier alpha value is -2.87. The number of hydrogen-bond donors (Lipinski definition) is 0. The molecule has 0 radical (unpaired) electrons. The first kappa shape index (κ1) is 20.9. The SMILES string of the molecule is C=C/C=C\c1cc(C(=O)C(=C)Cc2ccc(OCCC3CC3C)cc2)ccc1C. The smallest absolute Gasteiger partial charge is 0.188 e. The van der Waals surface area contributed by atoms with E-state index in [1.807, 2.05) is 61.5 Å². The van der Waals surface area contributed by atoms with Gasteiger partial charge in [0.25, 0.3) is 0 Å². The third-order valence-corrected chi connectivity index (χ3v) is 5.65. The molecule has 1 aliphatic rings. The summed E-state index contributed by atoms with van der Waals surface area (Å²) in [6, 6.07) is 13.7. The van der Waals surface area contributed by atoms with Crippen molar-refractivity contribution in [1.82, 2.24) is 0 Å². The minimum Gasteiger partial charge on any atom is -0.494 e. The lowest BCUT2D eigenvalue weighted by molar-refractivity contribution is 0.103. The van der Waals surface area contributed by atoms with Gasteiger partial charge in [-0.05, 0) is 72.1 Å². The molecule has 0 saturated heterocycles. The highest BCUT2D eigenvalue weighted by atomic mass is 16.5. The second kappa shape index (κ2) is 9.56. The van der Waals surface area contributed by atoms with Crippen LogP contribution in [0.2, 0.25) is 0 Å². The molecular formula is C27H30O2. The lowest BCUT2D eigenvalue weighted by Gasteiger charge is -2.09. The summed E-state index contributed by atoms with van der Waals surface area (Å²) < 4.78 is 5.84. The van der Waals surface area contributed by atoms with Crippen LogP contribution >= 0.6 is 0 Å². The quantitative estimate of drug-likeness (QED) is 0.261. The topological polar surface area (TPSA) is 26.3 Å². The maximum Gasteiger partial charge on any atom is 0.188 e. The maximum atomic E-state index is 12.8. The summed E-state index contributed by atoms with van der Waals surface area (Å²) in [6.07, 6.45) is 8.57.